The number of aromatic nitrogens is 3. The molecule has 0 radical (unpaired) electrons. The van der Waals surface area contributed by atoms with Gasteiger partial charge < -0.3 is 9.88 Å². The van der Waals surface area contributed by atoms with Gasteiger partial charge in [-0.2, -0.15) is 5.10 Å². The van der Waals surface area contributed by atoms with Gasteiger partial charge in [0.2, 0.25) is 0 Å². The van der Waals surface area contributed by atoms with Crippen molar-refractivity contribution in [2.24, 2.45) is 7.05 Å². The number of nitro benzene ring substituents is 1. The third-order valence-electron chi connectivity index (χ3n) is 4.42. The van der Waals surface area contributed by atoms with Crippen LogP contribution < -0.4 is 5.32 Å². The molecular weight excluding hydrogens is 346 g/mol. The summed E-state index contributed by atoms with van der Waals surface area (Å²) in [7, 11) is 1.89. The van der Waals surface area contributed by atoms with Crippen molar-refractivity contribution in [2.45, 2.75) is 26.3 Å². The summed E-state index contributed by atoms with van der Waals surface area (Å²) < 4.78 is 3.35. The topological polar surface area (TPSA) is 95.0 Å². The first kappa shape index (κ1) is 18.4. The van der Waals surface area contributed by atoms with Crippen molar-refractivity contribution in [1.82, 2.24) is 19.7 Å². The number of hydrogen-bond acceptors (Lipinski definition) is 4. The molecule has 2 aromatic heterocycles. The van der Waals surface area contributed by atoms with E-state index in [0.29, 0.717) is 17.1 Å². The van der Waals surface area contributed by atoms with Gasteiger partial charge in [0.05, 0.1) is 16.3 Å². The van der Waals surface area contributed by atoms with Crippen LogP contribution in [0.1, 0.15) is 30.8 Å². The van der Waals surface area contributed by atoms with Crippen LogP contribution in [0.4, 0.5) is 5.69 Å². The Bertz CT molecular complexity index is 989. The zero-order chi connectivity index (χ0) is 19.6. The molecule has 27 heavy (non-hydrogen) atoms. The molecule has 0 saturated heterocycles. The van der Waals surface area contributed by atoms with Crippen LogP contribution in [-0.2, 0) is 7.05 Å². The van der Waals surface area contributed by atoms with Gasteiger partial charge in [0.15, 0.2) is 0 Å². The lowest BCUT2D eigenvalue weighted by Crippen LogP contribution is -2.33. The van der Waals surface area contributed by atoms with E-state index in [1.54, 1.807) is 18.2 Å². The summed E-state index contributed by atoms with van der Waals surface area (Å²) in [4.78, 5) is 23.4. The van der Waals surface area contributed by atoms with E-state index in [2.05, 4.69) is 10.4 Å². The van der Waals surface area contributed by atoms with Crippen molar-refractivity contribution >= 4 is 11.6 Å². The summed E-state index contributed by atoms with van der Waals surface area (Å²) in [5.74, 6) is -0.274. The largest absolute Gasteiger partial charge is 0.349 e. The second-order valence-electron chi connectivity index (χ2n) is 6.39. The smallest absolute Gasteiger partial charge is 0.271 e. The van der Waals surface area contributed by atoms with Crippen molar-refractivity contribution in [3.63, 3.8) is 0 Å². The molecule has 8 heteroatoms. The number of nitro groups is 1. The number of hydrogen-bond donors (Lipinski definition) is 1. The standard InChI is InChI=1S/C19H21N5O3/c1-4-13(2)20-19(25)18-12-16(17-9-6-10-22(17)3)21-23(18)14-7-5-8-15(11-14)24(26)27/h5-13H,4H2,1-3H3,(H,20,25)/t13-/m1/s1. The maximum absolute atomic E-state index is 12.8. The fraction of sp³-hybridized carbons (Fsp3) is 0.263. The Morgan fingerprint density at radius 3 is 2.70 bits per heavy atom. The highest BCUT2D eigenvalue weighted by Crippen LogP contribution is 2.24. The zero-order valence-corrected chi connectivity index (χ0v) is 15.4. The maximum atomic E-state index is 12.8. The summed E-state index contributed by atoms with van der Waals surface area (Å²) in [6, 6.07) is 11.6. The number of rotatable bonds is 6. The molecule has 3 rings (SSSR count). The number of aryl methyl sites for hydroxylation is 1. The monoisotopic (exact) mass is 367 g/mol. The van der Waals surface area contributed by atoms with Crippen LogP contribution in [0.2, 0.25) is 0 Å². The Labute approximate surface area is 156 Å². The summed E-state index contributed by atoms with van der Waals surface area (Å²) in [5.41, 5.74) is 2.18. The SMILES string of the molecule is CC[C@@H](C)NC(=O)c1cc(-c2cccn2C)nn1-c1cccc([N+](=O)[O-])c1. The van der Waals surface area contributed by atoms with Crippen LogP contribution in [0, 0.1) is 10.1 Å². The van der Waals surface area contributed by atoms with E-state index in [9.17, 15) is 14.9 Å². The third kappa shape index (κ3) is 3.74. The molecule has 8 nitrogen and oxygen atoms in total. The van der Waals surface area contributed by atoms with Crippen LogP contribution in [0.3, 0.4) is 0 Å². The highest BCUT2D eigenvalue weighted by atomic mass is 16.6. The predicted octanol–water partition coefficient (Wildman–Crippen LogP) is 3.31. The van der Waals surface area contributed by atoms with Gasteiger partial charge in [-0.25, -0.2) is 4.68 Å². The van der Waals surface area contributed by atoms with Gasteiger partial charge in [-0.3, -0.25) is 14.9 Å². The van der Waals surface area contributed by atoms with Gasteiger partial charge >= 0.3 is 0 Å². The Kier molecular flexibility index (Phi) is 5.07. The summed E-state index contributed by atoms with van der Waals surface area (Å²) >= 11 is 0. The van der Waals surface area contributed by atoms with E-state index in [1.165, 1.54) is 16.8 Å². The van der Waals surface area contributed by atoms with Crippen molar-refractivity contribution in [1.29, 1.82) is 0 Å². The fourth-order valence-corrected chi connectivity index (χ4v) is 2.73. The van der Waals surface area contributed by atoms with Gasteiger partial charge in [-0.1, -0.05) is 13.0 Å². The van der Waals surface area contributed by atoms with Crippen LogP contribution in [0.25, 0.3) is 17.1 Å². The molecule has 0 saturated carbocycles. The summed E-state index contributed by atoms with van der Waals surface area (Å²) in [5, 5.41) is 18.6. The van der Waals surface area contributed by atoms with Crippen LogP contribution >= 0.6 is 0 Å². The molecule has 0 bridgehead atoms. The van der Waals surface area contributed by atoms with Gasteiger partial charge in [-0.05, 0) is 37.6 Å². The number of amides is 1. The quantitative estimate of drug-likeness (QED) is 0.534. The van der Waals surface area contributed by atoms with Crippen molar-refractivity contribution in [3.05, 3.63) is 64.5 Å². The first-order valence-electron chi connectivity index (χ1n) is 8.68. The molecule has 0 unspecified atom stereocenters. The molecule has 3 aromatic rings. The minimum absolute atomic E-state index is 0.00412. The molecule has 0 aliphatic heterocycles. The lowest BCUT2D eigenvalue weighted by molar-refractivity contribution is -0.384. The van der Waals surface area contributed by atoms with E-state index in [0.717, 1.165) is 12.1 Å². The molecule has 1 aromatic carbocycles. The van der Waals surface area contributed by atoms with Crippen molar-refractivity contribution < 1.29 is 9.72 Å². The van der Waals surface area contributed by atoms with Crippen LogP contribution in [-0.4, -0.2) is 31.2 Å². The molecule has 0 aliphatic carbocycles. The van der Waals surface area contributed by atoms with E-state index in [4.69, 9.17) is 0 Å². The van der Waals surface area contributed by atoms with Crippen LogP contribution in [0.15, 0.2) is 48.7 Å². The van der Waals surface area contributed by atoms with Gasteiger partial charge in [-0.15, -0.1) is 0 Å². The first-order valence-corrected chi connectivity index (χ1v) is 8.68. The molecular formula is C19H21N5O3. The summed E-state index contributed by atoms with van der Waals surface area (Å²) in [6.45, 7) is 3.91. The van der Waals surface area contributed by atoms with Crippen LogP contribution in [0.5, 0.6) is 0 Å². The third-order valence-corrected chi connectivity index (χ3v) is 4.42. The van der Waals surface area contributed by atoms with E-state index in [1.807, 2.05) is 43.8 Å². The molecule has 1 amide bonds. The Hall–Kier alpha value is -3.42. The molecule has 1 atom stereocenters. The lowest BCUT2D eigenvalue weighted by atomic mass is 10.2. The lowest BCUT2D eigenvalue weighted by Gasteiger charge is -2.12. The molecule has 0 fully saturated rings. The maximum Gasteiger partial charge on any atom is 0.271 e. The summed E-state index contributed by atoms with van der Waals surface area (Å²) in [6.07, 6.45) is 2.68. The Morgan fingerprint density at radius 1 is 1.30 bits per heavy atom. The average molecular weight is 367 g/mol. The molecule has 2 heterocycles. The predicted molar refractivity (Wildman–Crippen MR) is 102 cm³/mol. The van der Waals surface area contributed by atoms with Gasteiger partial charge in [0, 0.05) is 31.4 Å². The number of carbonyl (C=O) groups is 1. The minimum Gasteiger partial charge on any atom is -0.349 e. The van der Waals surface area contributed by atoms with Gasteiger partial charge in [0.25, 0.3) is 11.6 Å². The normalized spacial score (nSPS) is 12.0. The highest BCUT2D eigenvalue weighted by Gasteiger charge is 2.20. The molecule has 0 aliphatic rings. The number of nitrogens with zero attached hydrogens (tertiary/aromatic N) is 4. The number of non-ortho nitro benzene ring substituents is 1. The van der Waals surface area contributed by atoms with Crippen molar-refractivity contribution in [3.8, 4) is 17.1 Å². The molecule has 140 valence electrons. The molecule has 1 N–H and O–H groups in total. The van der Waals surface area contributed by atoms with Crippen molar-refractivity contribution in [2.75, 3.05) is 0 Å². The Morgan fingerprint density at radius 2 is 2.07 bits per heavy atom. The second-order valence-corrected chi connectivity index (χ2v) is 6.39. The zero-order valence-electron chi connectivity index (χ0n) is 15.4. The second kappa shape index (κ2) is 7.45. The average Bonchev–Trinajstić information content (AvgIpc) is 3.27. The minimum atomic E-state index is -0.468. The fourth-order valence-electron chi connectivity index (χ4n) is 2.73. The first-order chi connectivity index (χ1) is 12.9. The van der Waals surface area contributed by atoms with E-state index < -0.39 is 4.92 Å². The molecule has 0 spiro atoms. The number of benzene rings is 1. The van der Waals surface area contributed by atoms with E-state index in [-0.39, 0.29) is 17.6 Å². The Balaban J connectivity index is 2.12. The van der Waals surface area contributed by atoms with E-state index >= 15 is 0 Å². The highest BCUT2D eigenvalue weighted by molar-refractivity contribution is 5.94. The van der Waals surface area contributed by atoms with Gasteiger partial charge in [0.1, 0.15) is 11.4 Å². The number of carbonyl (C=O) groups excluding carboxylic acids is 1. The number of nitrogens with one attached hydrogen (secondary N) is 1.